The Morgan fingerprint density at radius 2 is 2.06 bits per heavy atom. The summed E-state index contributed by atoms with van der Waals surface area (Å²) in [7, 11) is 0. The molecule has 0 amide bonds. The monoisotopic (exact) mass is 248 g/mol. The molecule has 17 heavy (non-hydrogen) atoms. The lowest BCUT2D eigenvalue weighted by Gasteiger charge is -2.03. The number of rotatable bonds is 3. The number of nitrogens with zero attached hydrogens (tertiary/aromatic N) is 5. The molecule has 2 rings (SSSR count). The molecule has 0 fully saturated rings. The molecular weight excluding hydrogens is 240 g/mol. The third-order valence-corrected chi connectivity index (χ3v) is 2.69. The van der Waals surface area contributed by atoms with Crippen molar-refractivity contribution >= 4 is 17.6 Å². The number of hydrogen-bond donors (Lipinski definition) is 2. The molecule has 0 aliphatic carbocycles. The minimum absolute atomic E-state index is 0.0293. The van der Waals surface area contributed by atoms with Gasteiger partial charge in [-0.15, -0.1) is 5.10 Å². The van der Waals surface area contributed by atoms with E-state index in [9.17, 15) is 0 Å². The standard InChI is InChI=1S/C9H8N6OS/c10-7(15-16)6-2-5-13-14-8(6)17-9-11-3-1-4-12-9/h1-5,16H,(H2,10,15). The highest BCUT2D eigenvalue weighted by Crippen LogP contribution is 2.24. The number of aromatic nitrogens is 4. The van der Waals surface area contributed by atoms with Gasteiger partial charge in [-0.3, -0.25) is 0 Å². The van der Waals surface area contributed by atoms with Gasteiger partial charge in [0.05, 0.1) is 11.8 Å². The quantitative estimate of drug-likeness (QED) is 0.268. The molecule has 0 saturated carbocycles. The largest absolute Gasteiger partial charge is 0.409 e. The average molecular weight is 248 g/mol. The second kappa shape index (κ2) is 5.21. The smallest absolute Gasteiger partial charge is 0.193 e. The van der Waals surface area contributed by atoms with Crippen molar-refractivity contribution in [2.45, 2.75) is 10.2 Å². The normalized spacial score (nSPS) is 11.4. The van der Waals surface area contributed by atoms with Crippen molar-refractivity contribution in [1.82, 2.24) is 20.2 Å². The first-order chi connectivity index (χ1) is 8.31. The molecule has 0 bridgehead atoms. The molecule has 0 aliphatic heterocycles. The van der Waals surface area contributed by atoms with E-state index in [4.69, 9.17) is 10.9 Å². The van der Waals surface area contributed by atoms with Gasteiger partial charge in [-0.05, 0) is 23.9 Å². The van der Waals surface area contributed by atoms with Crippen molar-refractivity contribution in [3.63, 3.8) is 0 Å². The first kappa shape index (κ1) is 11.3. The molecule has 0 saturated heterocycles. The third kappa shape index (κ3) is 2.67. The van der Waals surface area contributed by atoms with Gasteiger partial charge in [0.1, 0.15) is 5.03 Å². The molecule has 2 aromatic rings. The van der Waals surface area contributed by atoms with Gasteiger partial charge in [-0.2, -0.15) is 5.10 Å². The van der Waals surface area contributed by atoms with Crippen molar-refractivity contribution < 1.29 is 5.21 Å². The third-order valence-electron chi connectivity index (χ3n) is 1.80. The summed E-state index contributed by atoms with van der Waals surface area (Å²) in [5, 5.41) is 20.2. The van der Waals surface area contributed by atoms with Gasteiger partial charge in [0.25, 0.3) is 0 Å². The van der Waals surface area contributed by atoms with Gasteiger partial charge in [-0.1, -0.05) is 5.16 Å². The number of amidine groups is 1. The lowest BCUT2D eigenvalue weighted by Crippen LogP contribution is -2.15. The van der Waals surface area contributed by atoms with Crippen LogP contribution in [0.25, 0.3) is 0 Å². The SMILES string of the molecule is N/C(=N/O)c1ccnnc1Sc1ncccn1. The Bertz CT molecular complexity index is 532. The minimum Gasteiger partial charge on any atom is -0.409 e. The molecule has 7 nitrogen and oxygen atoms in total. The summed E-state index contributed by atoms with van der Waals surface area (Å²) in [5.74, 6) is -0.0293. The van der Waals surface area contributed by atoms with E-state index >= 15 is 0 Å². The molecule has 8 heteroatoms. The Balaban J connectivity index is 2.33. The summed E-state index contributed by atoms with van der Waals surface area (Å²) in [6.45, 7) is 0. The molecule has 3 N–H and O–H groups in total. The van der Waals surface area contributed by atoms with Gasteiger partial charge in [0.2, 0.25) is 0 Å². The van der Waals surface area contributed by atoms with Crippen LogP contribution < -0.4 is 5.73 Å². The van der Waals surface area contributed by atoms with Crippen LogP contribution in [0.15, 0.2) is 46.1 Å². The summed E-state index contributed by atoms with van der Waals surface area (Å²) in [6.07, 6.45) is 4.70. The fourth-order valence-corrected chi connectivity index (χ4v) is 1.84. The lowest BCUT2D eigenvalue weighted by molar-refractivity contribution is 0.318. The van der Waals surface area contributed by atoms with E-state index in [1.807, 2.05) is 0 Å². The Morgan fingerprint density at radius 3 is 2.76 bits per heavy atom. The average Bonchev–Trinajstić information content (AvgIpc) is 2.40. The Hall–Kier alpha value is -2.22. The van der Waals surface area contributed by atoms with Crippen LogP contribution in [-0.4, -0.2) is 31.2 Å². The maximum absolute atomic E-state index is 8.65. The molecular formula is C9H8N6OS. The van der Waals surface area contributed by atoms with E-state index in [2.05, 4.69) is 25.3 Å². The van der Waals surface area contributed by atoms with Crippen LogP contribution in [0.4, 0.5) is 0 Å². The van der Waals surface area contributed by atoms with Crippen molar-refractivity contribution in [2.24, 2.45) is 10.9 Å². The fourth-order valence-electron chi connectivity index (χ4n) is 1.07. The highest BCUT2D eigenvalue weighted by molar-refractivity contribution is 7.99. The highest BCUT2D eigenvalue weighted by Gasteiger charge is 2.11. The number of hydrogen-bond acceptors (Lipinski definition) is 7. The van der Waals surface area contributed by atoms with Gasteiger partial charge in [0, 0.05) is 12.4 Å². The molecule has 2 aromatic heterocycles. The molecule has 0 aromatic carbocycles. The summed E-state index contributed by atoms with van der Waals surface area (Å²) in [4.78, 5) is 8.08. The zero-order valence-corrected chi connectivity index (χ0v) is 9.37. The molecule has 0 atom stereocenters. The predicted octanol–water partition coefficient (Wildman–Crippen LogP) is 0.512. The van der Waals surface area contributed by atoms with Crippen LogP contribution in [0.3, 0.4) is 0 Å². The molecule has 86 valence electrons. The van der Waals surface area contributed by atoms with Crippen LogP contribution in [0.1, 0.15) is 5.56 Å². The van der Waals surface area contributed by atoms with Crippen LogP contribution >= 0.6 is 11.8 Å². The minimum atomic E-state index is -0.0293. The summed E-state index contributed by atoms with van der Waals surface area (Å²) >= 11 is 1.19. The van der Waals surface area contributed by atoms with Crippen molar-refractivity contribution in [2.75, 3.05) is 0 Å². The first-order valence-corrected chi connectivity index (χ1v) is 5.37. The Labute approximate surface area is 101 Å². The van der Waals surface area contributed by atoms with Crippen LogP contribution in [0, 0.1) is 0 Å². The van der Waals surface area contributed by atoms with Crippen LogP contribution in [0.5, 0.6) is 0 Å². The van der Waals surface area contributed by atoms with Gasteiger partial charge < -0.3 is 10.9 Å². The van der Waals surface area contributed by atoms with Gasteiger partial charge in [0.15, 0.2) is 11.0 Å². The maximum atomic E-state index is 8.65. The van der Waals surface area contributed by atoms with E-state index in [0.29, 0.717) is 15.7 Å². The molecule has 2 heterocycles. The summed E-state index contributed by atoms with van der Waals surface area (Å²) in [5.41, 5.74) is 6.01. The number of nitrogens with two attached hydrogens (primary N) is 1. The van der Waals surface area contributed by atoms with Crippen molar-refractivity contribution in [3.05, 3.63) is 36.3 Å². The maximum Gasteiger partial charge on any atom is 0.193 e. The van der Waals surface area contributed by atoms with Gasteiger partial charge in [-0.25, -0.2) is 9.97 Å². The highest BCUT2D eigenvalue weighted by atomic mass is 32.2. The fraction of sp³-hybridized carbons (Fsp3) is 0. The second-order valence-corrected chi connectivity index (χ2v) is 3.82. The van der Waals surface area contributed by atoms with Crippen molar-refractivity contribution in [1.29, 1.82) is 0 Å². The van der Waals surface area contributed by atoms with E-state index in [1.165, 1.54) is 18.0 Å². The van der Waals surface area contributed by atoms with E-state index in [1.54, 1.807) is 24.5 Å². The van der Waals surface area contributed by atoms with Crippen molar-refractivity contribution in [3.8, 4) is 0 Å². The Kier molecular flexibility index (Phi) is 3.46. The zero-order chi connectivity index (χ0) is 12.1. The predicted molar refractivity (Wildman–Crippen MR) is 60.7 cm³/mol. The Morgan fingerprint density at radius 1 is 1.29 bits per heavy atom. The van der Waals surface area contributed by atoms with Crippen LogP contribution in [-0.2, 0) is 0 Å². The van der Waals surface area contributed by atoms with E-state index < -0.39 is 0 Å². The molecule has 0 spiro atoms. The first-order valence-electron chi connectivity index (χ1n) is 4.55. The van der Waals surface area contributed by atoms with E-state index in [-0.39, 0.29) is 5.84 Å². The second-order valence-electron chi connectivity index (χ2n) is 2.87. The molecule has 0 radical (unpaired) electrons. The lowest BCUT2D eigenvalue weighted by atomic mass is 10.3. The zero-order valence-electron chi connectivity index (χ0n) is 8.56. The van der Waals surface area contributed by atoms with Crippen LogP contribution in [0.2, 0.25) is 0 Å². The van der Waals surface area contributed by atoms with E-state index in [0.717, 1.165) is 0 Å². The molecule has 0 aliphatic rings. The van der Waals surface area contributed by atoms with Gasteiger partial charge >= 0.3 is 0 Å². The summed E-state index contributed by atoms with van der Waals surface area (Å²) in [6, 6.07) is 3.32. The number of oxime groups is 1. The topological polar surface area (TPSA) is 110 Å². The molecule has 0 unspecified atom stereocenters. The summed E-state index contributed by atoms with van der Waals surface area (Å²) < 4.78 is 0.